The zero-order valence-corrected chi connectivity index (χ0v) is 11.6. The van der Waals surface area contributed by atoms with Crippen molar-refractivity contribution in [1.82, 2.24) is 0 Å². The minimum absolute atomic E-state index is 0.529. The van der Waals surface area contributed by atoms with Crippen LogP contribution in [0.3, 0.4) is 0 Å². The zero-order valence-electron chi connectivity index (χ0n) is 11.6. The van der Waals surface area contributed by atoms with E-state index in [1.807, 2.05) is 18.2 Å². The molecule has 2 nitrogen and oxygen atoms in total. The minimum Gasteiger partial charge on any atom is -0.497 e. The van der Waals surface area contributed by atoms with Crippen LogP contribution in [-0.4, -0.2) is 17.8 Å². The van der Waals surface area contributed by atoms with Crippen molar-refractivity contribution in [2.24, 2.45) is 11.8 Å². The first-order chi connectivity index (χ1) is 8.52. The second kappa shape index (κ2) is 5.31. The van der Waals surface area contributed by atoms with Crippen LogP contribution in [0.25, 0.3) is 0 Å². The summed E-state index contributed by atoms with van der Waals surface area (Å²) in [4.78, 5) is 0. The number of benzene rings is 1. The molecule has 0 heterocycles. The van der Waals surface area contributed by atoms with Crippen molar-refractivity contribution in [3.8, 4) is 5.75 Å². The van der Waals surface area contributed by atoms with Gasteiger partial charge in [-0.2, -0.15) is 0 Å². The summed E-state index contributed by atoms with van der Waals surface area (Å²) in [5, 5.41) is 10.7. The Bertz CT molecular complexity index is 402. The normalized spacial score (nSPS) is 32.2. The van der Waals surface area contributed by atoms with Gasteiger partial charge in [0, 0.05) is 6.42 Å². The van der Waals surface area contributed by atoms with Gasteiger partial charge in [-0.1, -0.05) is 26.0 Å². The predicted octanol–water partition coefficient (Wildman–Crippen LogP) is 3.42. The number of methoxy groups -OCH3 is 1. The molecule has 0 bridgehead atoms. The summed E-state index contributed by atoms with van der Waals surface area (Å²) in [6.07, 6.45) is 3.68. The van der Waals surface area contributed by atoms with Crippen LogP contribution in [-0.2, 0) is 6.42 Å². The Morgan fingerprint density at radius 3 is 2.78 bits per heavy atom. The Kier molecular flexibility index (Phi) is 3.96. The zero-order chi connectivity index (χ0) is 13.2. The van der Waals surface area contributed by atoms with Gasteiger partial charge in [0.05, 0.1) is 12.7 Å². The van der Waals surface area contributed by atoms with E-state index in [2.05, 4.69) is 19.9 Å². The highest BCUT2D eigenvalue weighted by Gasteiger charge is 2.35. The van der Waals surface area contributed by atoms with E-state index in [4.69, 9.17) is 4.74 Å². The summed E-state index contributed by atoms with van der Waals surface area (Å²) in [6.45, 7) is 4.54. The summed E-state index contributed by atoms with van der Waals surface area (Å²) < 4.78 is 5.23. The Balaban J connectivity index is 2.07. The van der Waals surface area contributed by atoms with Gasteiger partial charge >= 0.3 is 0 Å². The molecule has 2 heteroatoms. The van der Waals surface area contributed by atoms with Crippen LogP contribution in [0, 0.1) is 11.8 Å². The number of hydrogen-bond acceptors (Lipinski definition) is 2. The van der Waals surface area contributed by atoms with Crippen LogP contribution < -0.4 is 4.74 Å². The molecular weight excluding hydrogens is 224 g/mol. The molecule has 0 saturated heterocycles. The predicted molar refractivity (Wildman–Crippen MR) is 73.8 cm³/mol. The topological polar surface area (TPSA) is 29.5 Å². The number of hydrogen-bond donors (Lipinski definition) is 1. The third-order valence-electron chi connectivity index (χ3n) is 4.41. The maximum Gasteiger partial charge on any atom is 0.119 e. The Morgan fingerprint density at radius 2 is 2.11 bits per heavy atom. The number of aliphatic hydroxyl groups is 1. The molecule has 18 heavy (non-hydrogen) atoms. The first-order valence-corrected chi connectivity index (χ1v) is 6.88. The van der Waals surface area contributed by atoms with Crippen molar-refractivity contribution in [1.29, 1.82) is 0 Å². The van der Waals surface area contributed by atoms with E-state index in [0.29, 0.717) is 5.92 Å². The Labute approximate surface area is 110 Å². The largest absolute Gasteiger partial charge is 0.497 e. The molecule has 1 aromatic rings. The smallest absolute Gasteiger partial charge is 0.119 e. The first kappa shape index (κ1) is 13.4. The lowest BCUT2D eigenvalue weighted by Crippen LogP contribution is -2.39. The summed E-state index contributed by atoms with van der Waals surface area (Å²) >= 11 is 0. The molecule has 1 aliphatic rings. The van der Waals surface area contributed by atoms with Gasteiger partial charge in [-0.05, 0) is 48.8 Å². The molecule has 1 fully saturated rings. The van der Waals surface area contributed by atoms with Gasteiger partial charge in [-0.3, -0.25) is 0 Å². The van der Waals surface area contributed by atoms with Crippen LogP contribution in [0.15, 0.2) is 24.3 Å². The molecule has 0 spiro atoms. The van der Waals surface area contributed by atoms with E-state index in [-0.39, 0.29) is 0 Å². The van der Waals surface area contributed by atoms with E-state index in [1.54, 1.807) is 7.11 Å². The molecule has 0 aromatic heterocycles. The van der Waals surface area contributed by atoms with E-state index in [9.17, 15) is 5.11 Å². The maximum absolute atomic E-state index is 10.7. The molecule has 2 rings (SSSR count). The van der Waals surface area contributed by atoms with Crippen molar-refractivity contribution in [3.63, 3.8) is 0 Å². The molecular formula is C16H24O2. The molecule has 0 radical (unpaired) electrons. The third-order valence-corrected chi connectivity index (χ3v) is 4.41. The lowest BCUT2D eigenvalue weighted by molar-refractivity contribution is -0.0279. The van der Waals surface area contributed by atoms with Crippen LogP contribution in [0.1, 0.15) is 38.7 Å². The van der Waals surface area contributed by atoms with Gasteiger partial charge in [0.2, 0.25) is 0 Å². The molecule has 0 aliphatic heterocycles. The van der Waals surface area contributed by atoms with Crippen LogP contribution in [0.4, 0.5) is 0 Å². The van der Waals surface area contributed by atoms with E-state index in [0.717, 1.165) is 37.4 Å². The van der Waals surface area contributed by atoms with Crippen molar-refractivity contribution in [2.45, 2.75) is 45.1 Å². The van der Waals surface area contributed by atoms with Crippen LogP contribution in [0.5, 0.6) is 5.75 Å². The fourth-order valence-electron chi connectivity index (χ4n) is 3.01. The minimum atomic E-state index is -0.529. The summed E-state index contributed by atoms with van der Waals surface area (Å²) in [5.74, 6) is 2.21. The van der Waals surface area contributed by atoms with E-state index in [1.165, 1.54) is 5.56 Å². The van der Waals surface area contributed by atoms with Gasteiger partial charge in [0.15, 0.2) is 0 Å². The molecule has 1 aliphatic carbocycles. The Hall–Kier alpha value is -1.02. The first-order valence-electron chi connectivity index (χ1n) is 6.88. The van der Waals surface area contributed by atoms with Crippen molar-refractivity contribution < 1.29 is 9.84 Å². The highest BCUT2D eigenvalue weighted by Crippen LogP contribution is 2.38. The highest BCUT2D eigenvalue weighted by molar-refractivity contribution is 5.29. The molecule has 3 unspecified atom stereocenters. The van der Waals surface area contributed by atoms with Crippen LogP contribution >= 0.6 is 0 Å². The fourth-order valence-corrected chi connectivity index (χ4v) is 3.01. The molecule has 1 aromatic carbocycles. The number of ether oxygens (including phenoxy) is 1. The molecule has 100 valence electrons. The van der Waals surface area contributed by atoms with Gasteiger partial charge in [-0.25, -0.2) is 0 Å². The molecule has 1 saturated carbocycles. The summed E-state index contributed by atoms with van der Waals surface area (Å²) in [6, 6.07) is 8.04. The quantitative estimate of drug-likeness (QED) is 0.888. The monoisotopic (exact) mass is 248 g/mol. The average molecular weight is 248 g/mol. The fraction of sp³-hybridized carbons (Fsp3) is 0.625. The van der Waals surface area contributed by atoms with Crippen molar-refractivity contribution in [2.75, 3.05) is 7.11 Å². The third kappa shape index (κ3) is 3.05. The lowest BCUT2D eigenvalue weighted by atomic mass is 9.71. The van der Waals surface area contributed by atoms with Gasteiger partial charge in [0.25, 0.3) is 0 Å². The number of rotatable bonds is 3. The van der Waals surface area contributed by atoms with E-state index >= 15 is 0 Å². The van der Waals surface area contributed by atoms with Crippen molar-refractivity contribution in [3.05, 3.63) is 29.8 Å². The summed E-state index contributed by atoms with van der Waals surface area (Å²) in [7, 11) is 1.68. The molecule has 3 atom stereocenters. The second-order valence-electron chi connectivity index (χ2n) is 5.95. The van der Waals surface area contributed by atoms with Gasteiger partial charge < -0.3 is 9.84 Å². The van der Waals surface area contributed by atoms with E-state index < -0.39 is 5.60 Å². The van der Waals surface area contributed by atoms with Crippen molar-refractivity contribution >= 4 is 0 Å². The second-order valence-corrected chi connectivity index (χ2v) is 5.95. The highest BCUT2D eigenvalue weighted by atomic mass is 16.5. The van der Waals surface area contributed by atoms with Gasteiger partial charge in [-0.15, -0.1) is 0 Å². The molecule has 0 amide bonds. The Morgan fingerprint density at radius 1 is 1.33 bits per heavy atom. The maximum atomic E-state index is 10.7. The SMILES string of the molecule is COc1cccc(CC2(O)CCC(C)C(C)C2)c1. The molecule has 1 N–H and O–H groups in total. The van der Waals surface area contributed by atoms with Gasteiger partial charge in [0.1, 0.15) is 5.75 Å². The van der Waals surface area contributed by atoms with Crippen LogP contribution in [0.2, 0.25) is 0 Å². The standard InChI is InChI=1S/C16H24O2/c1-12-7-8-16(17,10-13(12)2)11-14-5-4-6-15(9-14)18-3/h4-6,9,12-13,17H,7-8,10-11H2,1-3H3. The lowest BCUT2D eigenvalue weighted by Gasteiger charge is -2.39. The summed E-state index contributed by atoms with van der Waals surface area (Å²) in [5.41, 5.74) is 0.636. The average Bonchev–Trinajstić information content (AvgIpc) is 2.34.